The highest BCUT2D eigenvalue weighted by molar-refractivity contribution is 6.16. The average Bonchev–Trinajstić information content (AvgIpc) is 3.03. The minimum absolute atomic E-state index is 0.264. The normalized spacial score (nSPS) is 10.9. The first-order valence-electron chi connectivity index (χ1n) is 9.26. The number of carbonyl (C=O) groups excluding carboxylic acids is 1. The molecular weight excluding hydrogens is 382 g/mol. The van der Waals surface area contributed by atoms with E-state index in [1.165, 1.54) is 7.11 Å². The summed E-state index contributed by atoms with van der Waals surface area (Å²) < 4.78 is 12.3. The van der Waals surface area contributed by atoms with Gasteiger partial charge in [0.2, 0.25) is 0 Å². The third-order valence-electron chi connectivity index (χ3n) is 4.77. The van der Waals surface area contributed by atoms with Gasteiger partial charge >= 0.3 is 0 Å². The van der Waals surface area contributed by atoms with Gasteiger partial charge < -0.3 is 25.1 Å². The van der Waals surface area contributed by atoms with Gasteiger partial charge in [0.15, 0.2) is 17.1 Å². The molecule has 0 radical (unpaired) electrons. The highest BCUT2D eigenvalue weighted by atomic mass is 16.5. The molecule has 4 rings (SSSR count). The molecular formula is C22H21N5O3. The first-order valence-corrected chi connectivity index (χ1v) is 9.26. The molecule has 0 saturated carbocycles. The van der Waals surface area contributed by atoms with Crippen LogP contribution in [0.15, 0.2) is 55.1 Å². The van der Waals surface area contributed by atoms with Crippen molar-refractivity contribution in [2.45, 2.75) is 6.54 Å². The van der Waals surface area contributed by atoms with E-state index in [-0.39, 0.29) is 11.4 Å². The van der Waals surface area contributed by atoms with Crippen LogP contribution in [0.2, 0.25) is 0 Å². The van der Waals surface area contributed by atoms with E-state index in [0.717, 1.165) is 5.52 Å². The van der Waals surface area contributed by atoms with E-state index in [1.54, 1.807) is 36.0 Å². The van der Waals surface area contributed by atoms with Crippen LogP contribution >= 0.6 is 0 Å². The van der Waals surface area contributed by atoms with E-state index in [1.807, 2.05) is 24.3 Å². The number of nitrogens with one attached hydrogen (secondary N) is 1. The number of hydrogen-bond acceptors (Lipinski definition) is 6. The zero-order valence-corrected chi connectivity index (χ0v) is 16.7. The number of nitrogen functional groups attached to an aromatic ring is 1. The lowest BCUT2D eigenvalue weighted by atomic mass is 10.2. The van der Waals surface area contributed by atoms with E-state index in [2.05, 4.69) is 21.9 Å². The largest absolute Gasteiger partial charge is 0.493 e. The summed E-state index contributed by atoms with van der Waals surface area (Å²) in [6.07, 6.45) is 1.70. The zero-order valence-electron chi connectivity index (χ0n) is 16.7. The molecule has 4 aromatic rings. The topological polar surface area (TPSA) is 104 Å². The summed E-state index contributed by atoms with van der Waals surface area (Å²) in [6.45, 7) is 4.17. The third kappa shape index (κ3) is 3.18. The van der Waals surface area contributed by atoms with Crippen LogP contribution in [0, 0.1) is 0 Å². The predicted molar refractivity (Wildman–Crippen MR) is 117 cm³/mol. The fourth-order valence-corrected chi connectivity index (χ4v) is 3.36. The van der Waals surface area contributed by atoms with E-state index < -0.39 is 5.91 Å². The summed E-state index contributed by atoms with van der Waals surface area (Å²) in [6, 6.07) is 12.6. The van der Waals surface area contributed by atoms with E-state index in [0.29, 0.717) is 40.4 Å². The maximum Gasteiger partial charge on any atom is 0.261 e. The number of hydrogen-bond donors (Lipinski definition) is 2. The van der Waals surface area contributed by atoms with Crippen LogP contribution in [-0.2, 0) is 6.54 Å². The molecule has 3 N–H and O–H groups in total. The molecule has 0 bridgehead atoms. The minimum atomic E-state index is -0.392. The van der Waals surface area contributed by atoms with Crippen molar-refractivity contribution in [3.63, 3.8) is 0 Å². The zero-order chi connectivity index (χ0) is 21.3. The predicted octanol–water partition coefficient (Wildman–Crippen LogP) is 3.62. The molecule has 0 aliphatic rings. The van der Waals surface area contributed by atoms with Crippen LogP contribution in [0.3, 0.4) is 0 Å². The number of aromatic nitrogens is 3. The minimum Gasteiger partial charge on any atom is -0.493 e. The first-order chi connectivity index (χ1) is 14.6. The number of rotatable bonds is 6. The van der Waals surface area contributed by atoms with E-state index in [9.17, 15) is 4.79 Å². The molecule has 2 aromatic carbocycles. The number of ether oxygens (including phenoxy) is 2. The Bertz CT molecular complexity index is 1280. The highest BCUT2D eigenvalue weighted by Gasteiger charge is 2.24. The van der Waals surface area contributed by atoms with Crippen molar-refractivity contribution in [1.29, 1.82) is 0 Å². The van der Waals surface area contributed by atoms with Gasteiger partial charge in [0.25, 0.3) is 5.91 Å². The first kappa shape index (κ1) is 19.3. The van der Waals surface area contributed by atoms with Crippen molar-refractivity contribution in [2.24, 2.45) is 0 Å². The number of anilines is 2. The molecule has 0 fully saturated rings. The van der Waals surface area contributed by atoms with Crippen molar-refractivity contribution in [2.75, 3.05) is 25.3 Å². The molecule has 1 amide bonds. The Morgan fingerprint density at radius 1 is 1.13 bits per heavy atom. The van der Waals surface area contributed by atoms with Gasteiger partial charge in [-0.3, -0.25) is 4.79 Å². The maximum absolute atomic E-state index is 13.2. The Morgan fingerprint density at radius 2 is 1.83 bits per heavy atom. The SMILES string of the molecule is C=CCn1c(N)c(C(=O)Nc2ccc(OC)c(OC)c2)c2nc3ccccc3nc21. The summed E-state index contributed by atoms with van der Waals surface area (Å²) in [7, 11) is 3.08. The van der Waals surface area contributed by atoms with Gasteiger partial charge in [-0.15, -0.1) is 6.58 Å². The van der Waals surface area contributed by atoms with Crippen LogP contribution in [0.4, 0.5) is 11.5 Å². The molecule has 8 nitrogen and oxygen atoms in total. The fraction of sp³-hybridized carbons (Fsp3) is 0.136. The van der Waals surface area contributed by atoms with Crippen LogP contribution in [0.5, 0.6) is 11.5 Å². The lowest BCUT2D eigenvalue weighted by Crippen LogP contribution is -2.14. The van der Waals surface area contributed by atoms with Gasteiger partial charge in [0.1, 0.15) is 16.9 Å². The monoisotopic (exact) mass is 403 g/mol. The van der Waals surface area contributed by atoms with Crippen LogP contribution in [0.25, 0.3) is 22.2 Å². The number of allylic oxidation sites excluding steroid dienone is 1. The summed E-state index contributed by atoms with van der Waals surface area (Å²) in [5, 5.41) is 2.86. The molecule has 152 valence electrons. The molecule has 2 aromatic heterocycles. The Labute approximate surface area is 172 Å². The lowest BCUT2D eigenvalue weighted by Gasteiger charge is -2.10. The highest BCUT2D eigenvalue weighted by Crippen LogP contribution is 2.32. The number of nitrogens with two attached hydrogens (primary N) is 1. The summed E-state index contributed by atoms with van der Waals surface area (Å²) in [5.41, 5.74) is 9.52. The van der Waals surface area contributed by atoms with Gasteiger partial charge in [0, 0.05) is 18.3 Å². The van der Waals surface area contributed by atoms with Gasteiger partial charge in [0.05, 0.1) is 25.3 Å². The number of carbonyl (C=O) groups is 1. The van der Waals surface area contributed by atoms with E-state index in [4.69, 9.17) is 15.2 Å². The quantitative estimate of drug-likeness (QED) is 0.477. The Hall–Kier alpha value is -4.07. The molecule has 30 heavy (non-hydrogen) atoms. The molecule has 0 saturated heterocycles. The van der Waals surface area contributed by atoms with Gasteiger partial charge in [-0.05, 0) is 24.3 Å². The lowest BCUT2D eigenvalue weighted by molar-refractivity contribution is 0.102. The molecule has 0 aliphatic heterocycles. The third-order valence-corrected chi connectivity index (χ3v) is 4.77. The van der Waals surface area contributed by atoms with Crippen molar-refractivity contribution in [1.82, 2.24) is 14.5 Å². The number of nitrogens with zero attached hydrogens (tertiary/aromatic N) is 3. The second-order valence-electron chi connectivity index (χ2n) is 6.57. The molecule has 0 atom stereocenters. The molecule has 0 aliphatic carbocycles. The van der Waals surface area contributed by atoms with E-state index >= 15 is 0 Å². The maximum atomic E-state index is 13.2. The van der Waals surface area contributed by atoms with Gasteiger partial charge in [-0.25, -0.2) is 9.97 Å². The summed E-state index contributed by atoms with van der Waals surface area (Å²) >= 11 is 0. The Morgan fingerprint density at radius 3 is 2.50 bits per heavy atom. The Kier molecular flexibility index (Phi) is 4.97. The van der Waals surface area contributed by atoms with Crippen molar-refractivity contribution < 1.29 is 14.3 Å². The molecule has 8 heteroatoms. The second-order valence-corrected chi connectivity index (χ2v) is 6.57. The molecule has 0 unspecified atom stereocenters. The van der Waals surface area contributed by atoms with Crippen LogP contribution < -0.4 is 20.5 Å². The number of methoxy groups -OCH3 is 2. The number of para-hydroxylation sites is 2. The smallest absolute Gasteiger partial charge is 0.261 e. The van der Waals surface area contributed by atoms with Crippen LogP contribution in [0.1, 0.15) is 10.4 Å². The summed E-state index contributed by atoms with van der Waals surface area (Å²) in [5.74, 6) is 0.952. The van der Waals surface area contributed by atoms with Gasteiger partial charge in [-0.2, -0.15) is 0 Å². The molecule has 0 spiro atoms. The average molecular weight is 403 g/mol. The number of fused-ring (bicyclic) bond motifs is 2. The van der Waals surface area contributed by atoms with Crippen LogP contribution in [-0.4, -0.2) is 34.7 Å². The Balaban J connectivity index is 1.83. The number of amides is 1. The standard InChI is InChI=1S/C22H21N5O3/c1-4-11-27-20(23)18(19-21(27)26-15-8-6-5-7-14(15)25-19)22(28)24-13-9-10-16(29-2)17(12-13)30-3/h4-10,12H,1,11,23H2,2-3H3,(H,24,28). The second kappa shape index (κ2) is 7.75. The van der Waals surface area contributed by atoms with Crippen molar-refractivity contribution in [3.8, 4) is 11.5 Å². The molecule has 2 heterocycles. The summed E-state index contributed by atoms with van der Waals surface area (Å²) in [4.78, 5) is 22.5. The number of benzene rings is 2. The fourth-order valence-electron chi connectivity index (χ4n) is 3.36. The van der Waals surface area contributed by atoms with Crippen molar-refractivity contribution >= 4 is 39.6 Å². The van der Waals surface area contributed by atoms with Crippen molar-refractivity contribution in [3.05, 3.63) is 60.7 Å². The van der Waals surface area contributed by atoms with Gasteiger partial charge in [-0.1, -0.05) is 18.2 Å².